The Kier molecular flexibility index (Phi) is 4.61. The molecule has 2 rings (SSSR count). The van der Waals surface area contributed by atoms with Crippen LogP contribution >= 0.6 is 11.8 Å². The molecule has 2 atom stereocenters. The summed E-state index contributed by atoms with van der Waals surface area (Å²) in [7, 11) is 0. The summed E-state index contributed by atoms with van der Waals surface area (Å²) in [5.41, 5.74) is 1.20. The highest BCUT2D eigenvalue weighted by Crippen LogP contribution is 2.52. The van der Waals surface area contributed by atoms with E-state index in [2.05, 4.69) is 0 Å². The summed E-state index contributed by atoms with van der Waals surface area (Å²) in [5.74, 6) is -1.23. The van der Waals surface area contributed by atoms with Crippen LogP contribution in [0.1, 0.15) is 19.4 Å². The summed E-state index contributed by atoms with van der Waals surface area (Å²) in [6.07, 6.45) is -1.29. The second kappa shape index (κ2) is 5.99. The first-order chi connectivity index (χ1) is 10.2. The number of carbonyl (C=O) groups excluding carboxylic acids is 1. The van der Waals surface area contributed by atoms with Gasteiger partial charge in [0.2, 0.25) is 5.91 Å². The zero-order valence-electron chi connectivity index (χ0n) is 12.6. The molecule has 120 valence electrons. The minimum Gasteiger partial charge on any atom is -0.288 e. The first-order valence-corrected chi connectivity index (χ1v) is 7.93. The number of hydrogen-bond acceptors (Lipinski definition) is 2. The summed E-state index contributed by atoms with van der Waals surface area (Å²) < 4.78 is 41.9. The molecule has 0 bridgehead atoms. The van der Waals surface area contributed by atoms with Crippen molar-refractivity contribution >= 4 is 23.4 Å². The maximum absolute atomic E-state index is 14.0. The number of aryl methyl sites for hydroxylation is 1. The summed E-state index contributed by atoms with van der Waals surface area (Å²) in [6.45, 7) is 4.53. The maximum Gasteiger partial charge on any atom is 0.422 e. The van der Waals surface area contributed by atoms with Gasteiger partial charge in [-0.2, -0.15) is 13.2 Å². The lowest BCUT2D eigenvalue weighted by atomic mass is 9.96. The number of thioether (sulfide) groups is 1. The first kappa shape index (κ1) is 16.9. The fourth-order valence-corrected chi connectivity index (χ4v) is 4.06. The molecule has 0 aromatic heterocycles. The van der Waals surface area contributed by atoms with E-state index in [1.165, 1.54) is 19.9 Å². The third kappa shape index (κ3) is 2.76. The molecule has 0 fully saturated rings. The molecule has 0 spiro atoms. The summed E-state index contributed by atoms with van der Waals surface area (Å²) in [5, 5.41) is 0. The molecule has 1 heterocycles. The molecule has 0 radical (unpaired) electrons. The van der Waals surface area contributed by atoms with E-state index in [0.717, 1.165) is 22.2 Å². The van der Waals surface area contributed by atoms with E-state index >= 15 is 0 Å². The van der Waals surface area contributed by atoms with Gasteiger partial charge < -0.3 is 0 Å². The average Bonchev–Trinajstić information content (AvgIpc) is 2.41. The van der Waals surface area contributed by atoms with Crippen molar-refractivity contribution in [1.29, 1.82) is 0 Å². The van der Waals surface area contributed by atoms with Gasteiger partial charge >= 0.3 is 6.18 Å². The van der Waals surface area contributed by atoms with Crippen LogP contribution in [0.3, 0.4) is 0 Å². The van der Waals surface area contributed by atoms with E-state index in [4.69, 9.17) is 0 Å². The highest BCUT2D eigenvalue weighted by atomic mass is 32.2. The Bertz CT molecular complexity index is 582. The molecule has 6 heteroatoms. The van der Waals surface area contributed by atoms with Crippen LogP contribution in [0.5, 0.6) is 0 Å². The van der Waals surface area contributed by atoms with Gasteiger partial charge in [0.25, 0.3) is 0 Å². The maximum atomic E-state index is 14.0. The standard InChI is InChI=1S/C16H18F3NOS/c1-11-6-8-14(9-7-11)20(13(3)21)15(16(17,18)19)12(2)5-4-10-22-15/h4-9,12H,10H2,1-3H3. The van der Waals surface area contributed by atoms with E-state index in [0.29, 0.717) is 0 Å². The number of rotatable bonds is 2. The molecule has 0 saturated heterocycles. The van der Waals surface area contributed by atoms with Gasteiger partial charge in [0.15, 0.2) is 4.87 Å². The van der Waals surface area contributed by atoms with Crippen molar-refractivity contribution in [3.8, 4) is 0 Å². The zero-order chi connectivity index (χ0) is 16.5. The topological polar surface area (TPSA) is 20.3 Å². The van der Waals surface area contributed by atoms with Gasteiger partial charge in [0, 0.05) is 24.3 Å². The smallest absolute Gasteiger partial charge is 0.288 e. The van der Waals surface area contributed by atoms with E-state index in [1.807, 2.05) is 6.92 Å². The van der Waals surface area contributed by atoms with Gasteiger partial charge in [-0.25, -0.2) is 0 Å². The number of halogens is 3. The van der Waals surface area contributed by atoms with E-state index < -0.39 is 22.9 Å². The molecule has 0 N–H and O–H groups in total. The Labute approximate surface area is 132 Å². The SMILES string of the molecule is CC(=O)N(c1ccc(C)cc1)C1(C(F)(F)F)SCC=CC1C. The second-order valence-corrected chi connectivity index (χ2v) is 6.66. The van der Waals surface area contributed by atoms with Crippen LogP contribution < -0.4 is 4.90 Å². The summed E-state index contributed by atoms with van der Waals surface area (Å²) >= 11 is 0.754. The van der Waals surface area contributed by atoms with Crippen LogP contribution in [0, 0.1) is 12.8 Å². The van der Waals surface area contributed by atoms with Crippen LogP contribution in [0.4, 0.5) is 18.9 Å². The average molecular weight is 329 g/mol. The van der Waals surface area contributed by atoms with Crippen molar-refractivity contribution in [3.63, 3.8) is 0 Å². The Balaban J connectivity index is 2.63. The largest absolute Gasteiger partial charge is 0.422 e. The monoisotopic (exact) mass is 329 g/mol. The highest BCUT2D eigenvalue weighted by Gasteiger charge is 2.63. The third-order valence-corrected chi connectivity index (χ3v) is 5.37. The van der Waals surface area contributed by atoms with Gasteiger partial charge in [0.1, 0.15) is 0 Å². The van der Waals surface area contributed by atoms with Crippen LogP contribution in [-0.4, -0.2) is 22.7 Å². The van der Waals surface area contributed by atoms with E-state index in [-0.39, 0.29) is 11.4 Å². The minimum atomic E-state index is -4.54. The Morgan fingerprint density at radius 3 is 2.36 bits per heavy atom. The number of benzene rings is 1. The Morgan fingerprint density at radius 2 is 1.91 bits per heavy atom. The van der Waals surface area contributed by atoms with E-state index in [1.54, 1.807) is 30.3 Å². The number of carbonyl (C=O) groups is 1. The summed E-state index contributed by atoms with van der Waals surface area (Å²) in [4.78, 5) is 10.7. The predicted molar refractivity (Wildman–Crippen MR) is 83.9 cm³/mol. The van der Waals surface area contributed by atoms with Crippen molar-refractivity contribution in [3.05, 3.63) is 42.0 Å². The lowest BCUT2D eigenvalue weighted by Gasteiger charge is -2.48. The van der Waals surface area contributed by atoms with Crippen molar-refractivity contribution < 1.29 is 18.0 Å². The lowest BCUT2D eigenvalue weighted by molar-refractivity contribution is -0.170. The predicted octanol–water partition coefficient (Wildman–Crippen LogP) is 4.55. The number of nitrogens with zero attached hydrogens (tertiary/aromatic N) is 1. The van der Waals surface area contributed by atoms with Gasteiger partial charge in [-0.3, -0.25) is 9.69 Å². The van der Waals surface area contributed by atoms with Crippen molar-refractivity contribution in [2.24, 2.45) is 5.92 Å². The van der Waals surface area contributed by atoms with Crippen LogP contribution in [0.2, 0.25) is 0 Å². The summed E-state index contributed by atoms with van der Waals surface area (Å²) in [6, 6.07) is 6.55. The lowest BCUT2D eigenvalue weighted by Crippen LogP contribution is -2.62. The van der Waals surface area contributed by atoms with Crippen molar-refractivity contribution in [2.75, 3.05) is 10.7 Å². The molecule has 1 aromatic rings. The molecule has 0 saturated carbocycles. The molecule has 1 aromatic carbocycles. The van der Waals surface area contributed by atoms with Gasteiger partial charge in [-0.1, -0.05) is 36.8 Å². The van der Waals surface area contributed by atoms with E-state index in [9.17, 15) is 18.0 Å². The van der Waals surface area contributed by atoms with Gasteiger partial charge in [0.05, 0.1) is 0 Å². The first-order valence-electron chi connectivity index (χ1n) is 6.95. The van der Waals surface area contributed by atoms with Gasteiger partial charge in [-0.15, -0.1) is 11.8 Å². The molecule has 1 aliphatic rings. The molecule has 2 unspecified atom stereocenters. The normalized spacial score (nSPS) is 25.1. The molecule has 2 nitrogen and oxygen atoms in total. The van der Waals surface area contributed by atoms with Gasteiger partial charge in [-0.05, 0) is 19.1 Å². The molecular formula is C16H18F3NOS. The fourth-order valence-electron chi connectivity index (χ4n) is 2.73. The Morgan fingerprint density at radius 1 is 1.32 bits per heavy atom. The quantitative estimate of drug-likeness (QED) is 0.742. The molecular weight excluding hydrogens is 311 g/mol. The van der Waals surface area contributed by atoms with Crippen LogP contribution in [-0.2, 0) is 4.79 Å². The minimum absolute atomic E-state index is 0.222. The van der Waals surface area contributed by atoms with Crippen LogP contribution in [0.15, 0.2) is 36.4 Å². The zero-order valence-corrected chi connectivity index (χ0v) is 13.5. The third-order valence-electron chi connectivity index (χ3n) is 3.79. The van der Waals surface area contributed by atoms with Crippen molar-refractivity contribution in [1.82, 2.24) is 0 Å². The number of alkyl halides is 3. The molecule has 1 aliphatic heterocycles. The molecule has 1 amide bonds. The Hall–Kier alpha value is -1.43. The van der Waals surface area contributed by atoms with Crippen molar-refractivity contribution in [2.45, 2.75) is 31.8 Å². The molecule has 22 heavy (non-hydrogen) atoms. The molecule has 0 aliphatic carbocycles. The number of anilines is 1. The highest BCUT2D eigenvalue weighted by molar-refractivity contribution is 8.01. The fraction of sp³-hybridized carbons (Fsp3) is 0.438. The van der Waals surface area contributed by atoms with Crippen LogP contribution in [0.25, 0.3) is 0 Å². The number of amides is 1. The second-order valence-electron chi connectivity index (χ2n) is 5.41. The number of hydrogen-bond donors (Lipinski definition) is 0.